The molecule has 0 bridgehead atoms. The maximum Gasteiger partial charge on any atom is 0.316 e. The van der Waals surface area contributed by atoms with Crippen molar-refractivity contribution < 1.29 is 18.3 Å². The number of alkyl halides is 2. The molecule has 0 saturated heterocycles. The first-order chi connectivity index (χ1) is 6.63. The largest absolute Gasteiger partial charge is 0.468 e. The van der Waals surface area contributed by atoms with Crippen molar-refractivity contribution in [3.63, 3.8) is 0 Å². The van der Waals surface area contributed by atoms with E-state index in [0.29, 0.717) is 4.34 Å². The molecule has 0 fully saturated rings. The average molecular weight is 240 g/mol. The summed E-state index contributed by atoms with van der Waals surface area (Å²) in [7, 11) is 1.26. The van der Waals surface area contributed by atoms with Gasteiger partial charge in [0.15, 0.2) is 9.35 Å². The number of carbonyl (C=O) groups is 1. The zero-order chi connectivity index (χ0) is 10.6. The molecule has 0 saturated carbocycles. The van der Waals surface area contributed by atoms with Crippen LogP contribution in [0.1, 0.15) is 11.4 Å². The molecule has 4 nitrogen and oxygen atoms in total. The highest BCUT2D eigenvalue weighted by Crippen LogP contribution is 2.28. The molecule has 78 valence electrons. The van der Waals surface area contributed by atoms with E-state index in [0.717, 1.165) is 23.1 Å². The highest BCUT2D eigenvalue weighted by molar-refractivity contribution is 8.01. The van der Waals surface area contributed by atoms with E-state index >= 15 is 0 Å². The molecule has 14 heavy (non-hydrogen) atoms. The van der Waals surface area contributed by atoms with E-state index in [9.17, 15) is 13.6 Å². The standard InChI is InChI=1S/C6H6F2N2O2S2/c1-12-3(11)2-13-6-10-9-5(14-6)4(7)8/h4H,2H2,1H3. The fraction of sp³-hybridized carbons (Fsp3) is 0.500. The van der Waals surface area contributed by atoms with Gasteiger partial charge in [-0.2, -0.15) is 0 Å². The van der Waals surface area contributed by atoms with E-state index in [-0.39, 0.29) is 10.8 Å². The number of methoxy groups -OCH3 is 1. The predicted octanol–water partition coefficient (Wildman–Crippen LogP) is 1.74. The minimum atomic E-state index is -2.61. The van der Waals surface area contributed by atoms with Gasteiger partial charge in [0.1, 0.15) is 0 Å². The second-order valence-corrected chi connectivity index (χ2v) is 4.30. The maximum atomic E-state index is 12.1. The van der Waals surface area contributed by atoms with E-state index in [4.69, 9.17) is 0 Å². The Morgan fingerprint density at radius 2 is 2.36 bits per heavy atom. The number of nitrogens with zero attached hydrogens (tertiary/aromatic N) is 2. The summed E-state index contributed by atoms with van der Waals surface area (Å²) in [5.74, 6) is -0.377. The van der Waals surface area contributed by atoms with Crippen LogP contribution in [0.2, 0.25) is 0 Å². The van der Waals surface area contributed by atoms with Crippen LogP contribution >= 0.6 is 23.1 Å². The van der Waals surface area contributed by atoms with E-state index in [1.807, 2.05) is 0 Å². The summed E-state index contributed by atoms with van der Waals surface area (Å²) in [6.07, 6.45) is -2.61. The molecule has 0 aromatic carbocycles. The summed E-state index contributed by atoms with van der Waals surface area (Å²) in [6, 6.07) is 0. The Morgan fingerprint density at radius 3 is 2.86 bits per heavy atom. The highest BCUT2D eigenvalue weighted by Gasteiger charge is 2.14. The molecule has 1 heterocycles. The van der Waals surface area contributed by atoms with Crippen molar-refractivity contribution in [3.8, 4) is 0 Å². The molecule has 0 aliphatic heterocycles. The first kappa shape index (κ1) is 11.3. The summed E-state index contributed by atoms with van der Waals surface area (Å²) in [5, 5.41) is 6.42. The third kappa shape index (κ3) is 3.18. The van der Waals surface area contributed by atoms with Crippen molar-refractivity contribution in [2.45, 2.75) is 10.8 Å². The summed E-state index contributed by atoms with van der Waals surface area (Å²) in [4.78, 5) is 10.7. The number of esters is 1. The van der Waals surface area contributed by atoms with Crippen LogP contribution in [0.3, 0.4) is 0 Å². The van der Waals surface area contributed by atoms with E-state index < -0.39 is 12.4 Å². The smallest absolute Gasteiger partial charge is 0.316 e. The number of aromatic nitrogens is 2. The summed E-state index contributed by atoms with van der Waals surface area (Å²) < 4.78 is 28.8. The number of hydrogen-bond donors (Lipinski definition) is 0. The molecule has 0 radical (unpaired) electrons. The van der Waals surface area contributed by atoms with Crippen LogP contribution in [0.5, 0.6) is 0 Å². The van der Waals surface area contributed by atoms with Crippen molar-refractivity contribution in [1.29, 1.82) is 0 Å². The number of rotatable bonds is 4. The molecular formula is C6H6F2N2O2S2. The molecule has 1 aromatic heterocycles. The van der Waals surface area contributed by atoms with Gasteiger partial charge in [-0.1, -0.05) is 23.1 Å². The summed E-state index contributed by atoms with van der Waals surface area (Å²) >= 11 is 1.80. The Labute approximate surface area is 86.7 Å². The van der Waals surface area contributed by atoms with Gasteiger partial charge in [-0.3, -0.25) is 4.79 Å². The third-order valence-corrected chi connectivity index (χ3v) is 3.19. The highest BCUT2D eigenvalue weighted by atomic mass is 32.2. The number of ether oxygens (including phenoxy) is 1. The molecule has 0 amide bonds. The molecular weight excluding hydrogens is 234 g/mol. The van der Waals surface area contributed by atoms with Crippen LogP contribution in [-0.2, 0) is 9.53 Å². The molecule has 0 spiro atoms. The SMILES string of the molecule is COC(=O)CSc1nnc(C(F)F)s1. The fourth-order valence-electron chi connectivity index (χ4n) is 0.546. The van der Waals surface area contributed by atoms with Crippen molar-refractivity contribution in [1.82, 2.24) is 10.2 Å². The first-order valence-corrected chi connectivity index (χ1v) is 5.25. The van der Waals surface area contributed by atoms with E-state index in [2.05, 4.69) is 14.9 Å². The quantitative estimate of drug-likeness (QED) is 0.592. The lowest BCUT2D eigenvalue weighted by molar-refractivity contribution is -0.137. The van der Waals surface area contributed by atoms with Crippen LogP contribution < -0.4 is 0 Å². The molecule has 1 aromatic rings. The lowest BCUT2D eigenvalue weighted by Gasteiger charge is -1.94. The van der Waals surface area contributed by atoms with Gasteiger partial charge in [-0.05, 0) is 0 Å². The van der Waals surface area contributed by atoms with Crippen molar-refractivity contribution in [2.24, 2.45) is 0 Å². The van der Waals surface area contributed by atoms with Crippen LogP contribution in [0.25, 0.3) is 0 Å². The molecule has 1 rings (SSSR count). The van der Waals surface area contributed by atoms with Gasteiger partial charge in [0.05, 0.1) is 12.9 Å². The summed E-state index contributed by atoms with van der Waals surface area (Å²) in [6.45, 7) is 0. The zero-order valence-electron chi connectivity index (χ0n) is 7.07. The molecule has 0 aliphatic carbocycles. The van der Waals surface area contributed by atoms with E-state index in [1.165, 1.54) is 7.11 Å². The number of thioether (sulfide) groups is 1. The Hall–Kier alpha value is -0.760. The second kappa shape index (κ2) is 5.20. The third-order valence-electron chi connectivity index (χ3n) is 1.15. The van der Waals surface area contributed by atoms with Crippen LogP contribution in [-0.4, -0.2) is 29.0 Å². The Balaban J connectivity index is 2.48. The number of carbonyl (C=O) groups excluding carboxylic acids is 1. The van der Waals surface area contributed by atoms with Crippen LogP contribution in [0.4, 0.5) is 8.78 Å². The molecule has 0 unspecified atom stereocenters. The predicted molar refractivity (Wildman–Crippen MR) is 47.6 cm³/mol. The first-order valence-electron chi connectivity index (χ1n) is 3.44. The molecule has 8 heteroatoms. The molecule has 0 N–H and O–H groups in total. The van der Waals surface area contributed by atoms with Gasteiger partial charge in [0.2, 0.25) is 0 Å². The summed E-state index contributed by atoms with van der Waals surface area (Å²) in [5.41, 5.74) is 0. The normalized spacial score (nSPS) is 10.6. The van der Waals surface area contributed by atoms with Crippen LogP contribution in [0, 0.1) is 0 Å². The zero-order valence-corrected chi connectivity index (χ0v) is 8.70. The van der Waals surface area contributed by atoms with Gasteiger partial charge in [-0.15, -0.1) is 10.2 Å². The molecule has 0 aliphatic rings. The minimum Gasteiger partial charge on any atom is -0.468 e. The van der Waals surface area contributed by atoms with Gasteiger partial charge in [0.25, 0.3) is 6.43 Å². The maximum absolute atomic E-state index is 12.1. The van der Waals surface area contributed by atoms with Crippen LogP contribution in [0.15, 0.2) is 4.34 Å². The van der Waals surface area contributed by atoms with Crippen molar-refractivity contribution >= 4 is 29.1 Å². The van der Waals surface area contributed by atoms with Gasteiger partial charge in [0, 0.05) is 0 Å². The minimum absolute atomic E-state index is 0.0500. The van der Waals surface area contributed by atoms with Gasteiger partial charge in [-0.25, -0.2) is 8.78 Å². The monoisotopic (exact) mass is 240 g/mol. The lowest BCUT2D eigenvalue weighted by Crippen LogP contribution is -2.02. The van der Waals surface area contributed by atoms with Gasteiger partial charge >= 0.3 is 5.97 Å². The van der Waals surface area contributed by atoms with Crippen molar-refractivity contribution in [3.05, 3.63) is 5.01 Å². The van der Waals surface area contributed by atoms with E-state index in [1.54, 1.807) is 0 Å². The Bertz CT molecular complexity index is 319. The fourth-order valence-corrected chi connectivity index (χ4v) is 2.10. The average Bonchev–Trinajstić information content (AvgIpc) is 2.62. The number of hydrogen-bond acceptors (Lipinski definition) is 6. The lowest BCUT2D eigenvalue weighted by atomic mass is 10.8. The Morgan fingerprint density at radius 1 is 1.64 bits per heavy atom. The van der Waals surface area contributed by atoms with Crippen molar-refractivity contribution in [2.75, 3.05) is 12.9 Å². The second-order valence-electron chi connectivity index (χ2n) is 2.07. The Kier molecular flexibility index (Phi) is 4.21. The van der Waals surface area contributed by atoms with Gasteiger partial charge < -0.3 is 4.74 Å². The number of halogens is 2. The molecule has 0 atom stereocenters. The topological polar surface area (TPSA) is 52.1 Å².